The molecule has 2 aromatic rings. The zero-order valence-corrected chi connectivity index (χ0v) is 20.6. The van der Waals surface area contributed by atoms with Crippen LogP contribution in [0.15, 0.2) is 48.5 Å². The van der Waals surface area contributed by atoms with Crippen molar-refractivity contribution in [1.82, 2.24) is 0 Å². The maximum Gasteiger partial charge on any atom is 0.543 e. The van der Waals surface area contributed by atoms with Gasteiger partial charge in [-0.25, -0.2) is 29.0 Å². The van der Waals surface area contributed by atoms with Gasteiger partial charge in [0, 0.05) is 0 Å². The first-order chi connectivity index (χ1) is 18.4. The Hall–Kier alpha value is -4.56. The van der Waals surface area contributed by atoms with E-state index in [4.69, 9.17) is 18.9 Å². The fourth-order valence-corrected chi connectivity index (χ4v) is 2.66. The average Bonchev–Trinajstić information content (AvgIpc) is 2.94. The summed E-state index contributed by atoms with van der Waals surface area (Å²) in [5.74, 6) is -0.930. The zero-order valence-electron chi connectivity index (χ0n) is 20.6. The van der Waals surface area contributed by atoms with Crippen LogP contribution < -0.4 is 9.47 Å². The van der Waals surface area contributed by atoms with Crippen LogP contribution in [0.5, 0.6) is 11.5 Å². The largest absolute Gasteiger partial charge is 0.543 e. The SMILES string of the molecule is COc1cccc(C(=O)OOOC(=O)OCCCCCCOC(=O)OOOC(=O)c2cccc(OC)c2)c1. The number of hydrogen-bond acceptors (Lipinski definition) is 14. The van der Waals surface area contributed by atoms with Crippen LogP contribution in [0.25, 0.3) is 0 Å². The lowest BCUT2D eigenvalue weighted by atomic mass is 10.2. The predicted octanol–water partition coefficient (Wildman–Crippen LogP) is 4.28. The van der Waals surface area contributed by atoms with E-state index in [-0.39, 0.29) is 24.3 Å². The first kappa shape index (κ1) is 29.7. The summed E-state index contributed by atoms with van der Waals surface area (Å²) in [5, 5.41) is 8.25. The van der Waals surface area contributed by atoms with Crippen molar-refractivity contribution >= 4 is 24.2 Å². The Morgan fingerprint density at radius 2 is 1.00 bits per heavy atom. The lowest BCUT2D eigenvalue weighted by molar-refractivity contribution is -0.452. The molecular weight excluding hydrogens is 512 g/mol. The van der Waals surface area contributed by atoms with E-state index in [1.54, 1.807) is 24.3 Å². The van der Waals surface area contributed by atoms with Gasteiger partial charge in [0.1, 0.15) is 11.5 Å². The van der Waals surface area contributed by atoms with Crippen molar-refractivity contribution in [2.24, 2.45) is 0 Å². The Labute approximate surface area is 216 Å². The lowest BCUT2D eigenvalue weighted by Gasteiger charge is -2.06. The molecule has 2 aromatic carbocycles. The molecule has 38 heavy (non-hydrogen) atoms. The van der Waals surface area contributed by atoms with Crippen LogP contribution >= 0.6 is 0 Å². The summed E-state index contributed by atoms with van der Waals surface area (Å²) < 4.78 is 19.5. The third kappa shape index (κ3) is 11.5. The van der Waals surface area contributed by atoms with Gasteiger partial charge >= 0.3 is 24.2 Å². The molecule has 0 amide bonds. The zero-order chi connectivity index (χ0) is 27.6. The van der Waals surface area contributed by atoms with Crippen molar-refractivity contribution in [2.45, 2.75) is 25.7 Å². The monoisotopic (exact) mass is 538 g/mol. The minimum atomic E-state index is -1.19. The maximum absolute atomic E-state index is 11.8. The molecule has 0 N–H and O–H groups in total. The minimum absolute atomic E-state index is 0.0153. The Bertz CT molecular complexity index is 970. The average molecular weight is 538 g/mol. The highest BCUT2D eigenvalue weighted by Gasteiger charge is 2.14. The van der Waals surface area contributed by atoms with Gasteiger partial charge in [0.15, 0.2) is 0 Å². The summed E-state index contributed by atoms with van der Waals surface area (Å²) in [5.41, 5.74) is 0.248. The summed E-state index contributed by atoms with van der Waals surface area (Å²) in [4.78, 5) is 63.4. The highest BCUT2D eigenvalue weighted by atomic mass is 17.5. The fraction of sp³-hybridized carbons (Fsp3) is 0.333. The molecule has 0 aliphatic carbocycles. The van der Waals surface area contributed by atoms with Crippen molar-refractivity contribution in [3.05, 3.63) is 59.7 Å². The number of carbonyl (C=O) groups excluding carboxylic acids is 4. The summed E-state index contributed by atoms with van der Waals surface area (Å²) >= 11 is 0. The quantitative estimate of drug-likeness (QED) is 0.137. The Morgan fingerprint density at radius 1 is 0.579 bits per heavy atom. The Kier molecular flexibility index (Phi) is 13.3. The molecule has 0 atom stereocenters. The molecule has 14 heteroatoms. The molecule has 0 aliphatic rings. The molecule has 0 unspecified atom stereocenters. The van der Waals surface area contributed by atoms with Gasteiger partial charge in [-0.1, -0.05) is 12.1 Å². The van der Waals surface area contributed by atoms with Gasteiger partial charge in [-0.15, -0.1) is 0 Å². The van der Waals surface area contributed by atoms with E-state index in [0.717, 1.165) is 0 Å². The molecule has 0 spiro atoms. The summed E-state index contributed by atoms with van der Waals surface area (Å²) in [6.07, 6.45) is -0.167. The predicted molar refractivity (Wildman–Crippen MR) is 122 cm³/mol. The molecule has 0 aliphatic heterocycles. The van der Waals surface area contributed by atoms with E-state index < -0.39 is 24.2 Å². The van der Waals surface area contributed by atoms with Gasteiger partial charge in [0.2, 0.25) is 0 Å². The maximum atomic E-state index is 11.8. The molecule has 206 valence electrons. The molecule has 0 heterocycles. The Balaban J connectivity index is 1.43. The first-order valence-electron chi connectivity index (χ1n) is 11.2. The number of hydrogen-bond donors (Lipinski definition) is 0. The molecule has 0 saturated carbocycles. The van der Waals surface area contributed by atoms with Gasteiger partial charge in [0.25, 0.3) is 0 Å². The van der Waals surface area contributed by atoms with E-state index in [9.17, 15) is 19.2 Å². The van der Waals surface area contributed by atoms with E-state index >= 15 is 0 Å². The molecule has 0 fully saturated rings. The first-order valence-corrected chi connectivity index (χ1v) is 11.2. The van der Waals surface area contributed by atoms with Crippen molar-refractivity contribution in [3.8, 4) is 11.5 Å². The number of methoxy groups -OCH3 is 2. The molecule has 14 nitrogen and oxygen atoms in total. The van der Waals surface area contributed by atoms with Crippen LogP contribution in [-0.2, 0) is 39.1 Å². The van der Waals surface area contributed by atoms with Gasteiger partial charge in [-0.3, -0.25) is 9.78 Å². The van der Waals surface area contributed by atoms with Gasteiger partial charge in [0.05, 0.1) is 48.6 Å². The smallest absolute Gasteiger partial charge is 0.497 e. The minimum Gasteiger partial charge on any atom is -0.497 e. The van der Waals surface area contributed by atoms with Crippen molar-refractivity contribution in [1.29, 1.82) is 0 Å². The molecule has 0 bridgehead atoms. The highest BCUT2D eigenvalue weighted by Crippen LogP contribution is 2.14. The molecule has 2 rings (SSSR count). The van der Waals surface area contributed by atoms with E-state index in [0.29, 0.717) is 37.2 Å². The van der Waals surface area contributed by atoms with Crippen LogP contribution in [0, 0.1) is 0 Å². The number of carbonyl (C=O) groups is 4. The molecule has 0 saturated heterocycles. The third-order valence-corrected chi connectivity index (χ3v) is 4.51. The normalized spacial score (nSPS) is 10.1. The highest BCUT2D eigenvalue weighted by molar-refractivity contribution is 5.89. The number of rotatable bonds is 15. The number of unbranched alkanes of at least 4 members (excludes halogenated alkanes) is 3. The van der Waals surface area contributed by atoms with Crippen LogP contribution in [0.1, 0.15) is 46.4 Å². The van der Waals surface area contributed by atoms with E-state index in [2.05, 4.69) is 29.6 Å². The lowest BCUT2D eigenvalue weighted by Crippen LogP contribution is -2.13. The van der Waals surface area contributed by atoms with Gasteiger partial charge in [-0.05, 0) is 62.1 Å². The summed E-state index contributed by atoms with van der Waals surface area (Å²) in [6, 6.07) is 12.1. The van der Waals surface area contributed by atoms with E-state index in [1.807, 2.05) is 0 Å². The van der Waals surface area contributed by atoms with Crippen LogP contribution in [-0.4, -0.2) is 51.7 Å². The number of benzene rings is 2. The van der Waals surface area contributed by atoms with Gasteiger partial charge < -0.3 is 18.9 Å². The topological polar surface area (TPSA) is 161 Å². The van der Waals surface area contributed by atoms with Crippen molar-refractivity contribution < 1.29 is 67.8 Å². The summed E-state index contributed by atoms with van der Waals surface area (Å²) in [6.45, 7) is 0.0306. The molecule has 0 aromatic heterocycles. The van der Waals surface area contributed by atoms with Crippen LogP contribution in [0.2, 0.25) is 0 Å². The van der Waals surface area contributed by atoms with Crippen molar-refractivity contribution in [3.63, 3.8) is 0 Å². The second-order valence-corrected chi connectivity index (χ2v) is 7.12. The van der Waals surface area contributed by atoms with Crippen LogP contribution in [0.4, 0.5) is 9.59 Å². The van der Waals surface area contributed by atoms with E-state index in [1.165, 1.54) is 38.5 Å². The molecular formula is C24H26O14. The second-order valence-electron chi connectivity index (χ2n) is 7.12. The van der Waals surface area contributed by atoms with Gasteiger partial charge in [-0.2, -0.15) is 0 Å². The fourth-order valence-electron chi connectivity index (χ4n) is 2.66. The number of ether oxygens (including phenoxy) is 4. The van der Waals surface area contributed by atoms with Crippen LogP contribution in [0.3, 0.4) is 0 Å². The van der Waals surface area contributed by atoms with Crippen molar-refractivity contribution in [2.75, 3.05) is 27.4 Å². The Morgan fingerprint density at radius 3 is 1.39 bits per heavy atom. The third-order valence-electron chi connectivity index (χ3n) is 4.51. The standard InChI is InChI=1S/C24H26O14/c1-29-19-11-7-9-17(15-19)21(25)33-37-35-23(27)31-13-5-3-4-6-14-32-24(28)36-38-34-22(26)18-10-8-12-20(16-18)30-2/h7-12,15-16H,3-6,13-14H2,1-2H3. The summed E-state index contributed by atoms with van der Waals surface area (Å²) in [7, 11) is 2.88. The molecule has 0 radical (unpaired) electrons. The second kappa shape index (κ2) is 17.0.